The molecule has 178 valence electrons. The van der Waals surface area contributed by atoms with Crippen LogP contribution in [0.15, 0.2) is 47.3 Å². The summed E-state index contributed by atoms with van der Waals surface area (Å²) < 4.78 is 1.87. The molecule has 34 heavy (non-hydrogen) atoms. The number of piperazine rings is 1. The zero-order chi connectivity index (χ0) is 23.7. The number of H-pyrrole nitrogens is 1. The lowest BCUT2D eigenvalue weighted by molar-refractivity contribution is -0.930. The van der Waals surface area contributed by atoms with Crippen LogP contribution < -0.4 is 10.5 Å². The summed E-state index contributed by atoms with van der Waals surface area (Å²) >= 11 is 11.5. The minimum Gasteiger partial charge on any atom is -0.332 e. The highest BCUT2D eigenvalue weighted by Gasteiger charge is 2.30. The number of carbonyl (C=O) groups excluding carboxylic acids is 1. The smallest absolute Gasteiger partial charge is 0.262 e. The Morgan fingerprint density at radius 1 is 1.06 bits per heavy atom. The predicted molar refractivity (Wildman–Crippen MR) is 137 cm³/mol. The number of rotatable bonds is 4. The second kappa shape index (κ2) is 10.0. The van der Waals surface area contributed by atoms with Crippen molar-refractivity contribution in [3.8, 4) is 0 Å². The second-order valence-corrected chi connectivity index (χ2v) is 10.3. The number of nitrogens with zero attached hydrogens (tertiary/aromatic N) is 2. The van der Waals surface area contributed by atoms with E-state index in [1.54, 1.807) is 35.2 Å². The number of quaternary nitrogens is 1. The van der Waals surface area contributed by atoms with Crippen molar-refractivity contribution in [1.82, 2.24) is 14.5 Å². The molecular formula is C26H30ClN4O2S+. The van der Waals surface area contributed by atoms with E-state index in [1.807, 2.05) is 17.0 Å². The predicted octanol–water partition coefficient (Wildman–Crippen LogP) is 3.43. The van der Waals surface area contributed by atoms with Crippen molar-refractivity contribution in [2.24, 2.45) is 0 Å². The van der Waals surface area contributed by atoms with E-state index in [0.29, 0.717) is 32.8 Å². The summed E-state index contributed by atoms with van der Waals surface area (Å²) in [6, 6.07) is 13.4. The van der Waals surface area contributed by atoms with Crippen molar-refractivity contribution >= 4 is 40.6 Å². The van der Waals surface area contributed by atoms with Crippen LogP contribution in [0.25, 0.3) is 10.9 Å². The molecule has 0 radical (unpaired) electrons. The quantitative estimate of drug-likeness (QED) is 0.543. The number of halogens is 1. The molecule has 2 fully saturated rings. The maximum absolute atomic E-state index is 13.2. The van der Waals surface area contributed by atoms with Gasteiger partial charge in [-0.1, -0.05) is 30.2 Å². The third kappa shape index (κ3) is 4.83. The molecular weight excluding hydrogens is 468 g/mol. The number of fused-ring (bicyclic) bond motifs is 1. The Balaban J connectivity index is 1.33. The fraction of sp³-hybridized carbons (Fsp3) is 0.423. The molecule has 0 spiro atoms. The van der Waals surface area contributed by atoms with Crippen LogP contribution >= 0.6 is 23.8 Å². The van der Waals surface area contributed by atoms with Crippen molar-refractivity contribution in [1.29, 1.82) is 0 Å². The first-order chi connectivity index (χ1) is 16.5. The standard InChI is InChI=1S/C26H29ClN4O2S/c27-20-9-6-18(7-10-20)17-31-25(33)22-11-8-19(16-23(22)28-26(31)34)24(32)30-14-12-29(13-15-30)21-4-2-1-3-5-21/h6-11,16,21H,1-5,12-15,17H2,(H,28,34)/p+1. The van der Waals surface area contributed by atoms with Gasteiger partial charge in [-0.2, -0.15) is 0 Å². The van der Waals surface area contributed by atoms with Crippen LogP contribution in [0.1, 0.15) is 48.0 Å². The van der Waals surface area contributed by atoms with Crippen LogP contribution in [0.4, 0.5) is 0 Å². The number of carbonyl (C=O) groups is 1. The Labute approximate surface area is 209 Å². The van der Waals surface area contributed by atoms with Gasteiger partial charge in [0.25, 0.3) is 11.5 Å². The fourth-order valence-electron chi connectivity index (χ4n) is 5.40. The molecule has 2 aromatic carbocycles. The molecule has 1 saturated heterocycles. The molecule has 0 unspecified atom stereocenters. The van der Waals surface area contributed by atoms with E-state index in [1.165, 1.54) is 36.7 Å². The van der Waals surface area contributed by atoms with Gasteiger partial charge in [0.15, 0.2) is 4.77 Å². The maximum atomic E-state index is 13.2. The Morgan fingerprint density at radius 2 is 1.76 bits per heavy atom. The largest absolute Gasteiger partial charge is 0.332 e. The molecule has 1 aliphatic carbocycles. The first kappa shape index (κ1) is 23.3. The van der Waals surface area contributed by atoms with Crippen LogP contribution in [0, 0.1) is 4.77 Å². The monoisotopic (exact) mass is 497 g/mol. The van der Waals surface area contributed by atoms with Gasteiger partial charge in [0.1, 0.15) is 0 Å². The Bertz CT molecular complexity index is 1300. The number of nitrogens with one attached hydrogen (secondary N) is 2. The normalized spacial score (nSPS) is 17.9. The SMILES string of the molecule is O=C(c1ccc2c(=O)n(Cc3ccc(Cl)cc3)c(=S)[nH]c2c1)N1CC[NH+](C2CCCCC2)CC1. The summed E-state index contributed by atoms with van der Waals surface area (Å²) in [7, 11) is 0. The Morgan fingerprint density at radius 3 is 2.47 bits per heavy atom. The Hall–Kier alpha value is -2.48. The molecule has 2 heterocycles. The van der Waals surface area contributed by atoms with Crippen molar-refractivity contribution in [3.05, 3.63) is 73.7 Å². The summed E-state index contributed by atoms with van der Waals surface area (Å²) in [6.07, 6.45) is 6.70. The van der Waals surface area contributed by atoms with Crippen molar-refractivity contribution in [2.75, 3.05) is 26.2 Å². The third-order valence-corrected chi connectivity index (χ3v) is 7.93. The van der Waals surface area contributed by atoms with Crippen LogP contribution in [0.2, 0.25) is 5.02 Å². The van der Waals surface area contributed by atoms with Crippen LogP contribution in [-0.4, -0.2) is 52.6 Å². The van der Waals surface area contributed by atoms with Gasteiger partial charge in [-0.3, -0.25) is 14.2 Å². The minimum atomic E-state index is -0.169. The average molecular weight is 498 g/mol. The zero-order valence-electron chi connectivity index (χ0n) is 19.2. The molecule has 1 amide bonds. The molecule has 1 aromatic heterocycles. The lowest BCUT2D eigenvalue weighted by Crippen LogP contribution is -3.18. The molecule has 6 nitrogen and oxygen atoms in total. The van der Waals surface area contributed by atoms with Gasteiger partial charge in [0.2, 0.25) is 0 Å². The van der Waals surface area contributed by atoms with E-state index in [-0.39, 0.29) is 11.5 Å². The third-order valence-electron chi connectivity index (χ3n) is 7.36. The van der Waals surface area contributed by atoms with E-state index in [4.69, 9.17) is 23.8 Å². The molecule has 2 N–H and O–H groups in total. The van der Waals surface area contributed by atoms with E-state index >= 15 is 0 Å². The highest BCUT2D eigenvalue weighted by molar-refractivity contribution is 7.71. The molecule has 1 aliphatic heterocycles. The summed E-state index contributed by atoms with van der Waals surface area (Å²) in [5.41, 5.74) is 1.96. The van der Waals surface area contributed by atoms with Crippen LogP contribution in [0.3, 0.4) is 0 Å². The topological polar surface area (TPSA) is 62.5 Å². The van der Waals surface area contributed by atoms with Gasteiger partial charge in [-0.15, -0.1) is 0 Å². The highest BCUT2D eigenvalue weighted by Crippen LogP contribution is 2.17. The van der Waals surface area contributed by atoms with Gasteiger partial charge >= 0.3 is 0 Å². The van der Waals surface area contributed by atoms with E-state index < -0.39 is 0 Å². The second-order valence-electron chi connectivity index (χ2n) is 9.49. The summed E-state index contributed by atoms with van der Waals surface area (Å²) in [4.78, 5) is 33.1. The zero-order valence-corrected chi connectivity index (χ0v) is 20.8. The van der Waals surface area contributed by atoms with Gasteiger partial charge in [0, 0.05) is 10.6 Å². The van der Waals surface area contributed by atoms with Gasteiger partial charge in [0.05, 0.1) is 49.7 Å². The average Bonchev–Trinajstić information content (AvgIpc) is 2.87. The molecule has 3 aromatic rings. The first-order valence-corrected chi connectivity index (χ1v) is 12.9. The summed E-state index contributed by atoms with van der Waals surface area (Å²) in [5.74, 6) is 0.0225. The van der Waals surface area contributed by atoms with Crippen molar-refractivity contribution in [3.63, 3.8) is 0 Å². The molecule has 2 aliphatic rings. The summed E-state index contributed by atoms with van der Waals surface area (Å²) in [5, 5.41) is 1.17. The van der Waals surface area contributed by atoms with Crippen molar-refractivity contribution < 1.29 is 9.69 Å². The Kier molecular flexibility index (Phi) is 6.86. The van der Waals surface area contributed by atoms with E-state index in [9.17, 15) is 9.59 Å². The molecule has 8 heteroatoms. The van der Waals surface area contributed by atoms with Gasteiger partial charge in [-0.25, -0.2) is 0 Å². The molecule has 0 bridgehead atoms. The highest BCUT2D eigenvalue weighted by atomic mass is 35.5. The molecule has 0 atom stereocenters. The molecule has 1 saturated carbocycles. The number of aromatic amines is 1. The maximum Gasteiger partial charge on any atom is 0.262 e. The summed E-state index contributed by atoms with van der Waals surface area (Å²) in [6.45, 7) is 3.95. The van der Waals surface area contributed by atoms with Crippen LogP contribution in [-0.2, 0) is 6.54 Å². The lowest BCUT2D eigenvalue weighted by Gasteiger charge is -2.38. The van der Waals surface area contributed by atoms with Crippen LogP contribution in [0.5, 0.6) is 0 Å². The van der Waals surface area contributed by atoms with E-state index in [0.717, 1.165) is 37.8 Å². The minimum absolute atomic E-state index is 0.0225. The first-order valence-electron chi connectivity index (χ1n) is 12.1. The lowest BCUT2D eigenvalue weighted by atomic mass is 9.94. The number of aromatic nitrogens is 2. The number of hydrogen-bond acceptors (Lipinski definition) is 3. The fourth-order valence-corrected chi connectivity index (χ4v) is 5.79. The number of amides is 1. The van der Waals surface area contributed by atoms with Gasteiger partial charge in [-0.05, 0) is 73.8 Å². The van der Waals surface area contributed by atoms with Crippen molar-refractivity contribution in [2.45, 2.75) is 44.7 Å². The number of hydrogen-bond donors (Lipinski definition) is 2. The molecule has 5 rings (SSSR count). The van der Waals surface area contributed by atoms with Gasteiger partial charge < -0.3 is 14.8 Å². The number of benzene rings is 2. The van der Waals surface area contributed by atoms with E-state index in [2.05, 4.69) is 4.98 Å².